The average Bonchev–Trinajstić information content (AvgIpc) is 3.31. The minimum atomic E-state index is -0.583. The fourth-order valence-corrected chi connectivity index (χ4v) is 4.19. The van der Waals surface area contributed by atoms with Crippen LogP contribution in [-0.4, -0.2) is 42.5 Å². The lowest BCUT2D eigenvalue weighted by Crippen LogP contribution is -2.52. The summed E-state index contributed by atoms with van der Waals surface area (Å²) in [7, 11) is 1.61. The molecule has 172 valence electrons. The molecular weight excluding hydrogens is 428 g/mol. The number of para-hydroxylation sites is 1. The van der Waals surface area contributed by atoms with Crippen molar-refractivity contribution in [2.45, 2.75) is 57.7 Å². The van der Waals surface area contributed by atoms with Gasteiger partial charge in [-0.25, -0.2) is 0 Å². The van der Waals surface area contributed by atoms with Gasteiger partial charge in [-0.15, -0.1) is 0 Å². The largest absolute Gasteiger partial charge is 0.497 e. The van der Waals surface area contributed by atoms with E-state index < -0.39 is 6.04 Å². The van der Waals surface area contributed by atoms with Crippen molar-refractivity contribution in [2.24, 2.45) is 0 Å². The minimum Gasteiger partial charge on any atom is -0.497 e. The Balaban J connectivity index is 1.76. The Morgan fingerprint density at radius 2 is 1.81 bits per heavy atom. The number of nitrogens with zero attached hydrogens (tertiary/aromatic N) is 1. The van der Waals surface area contributed by atoms with Crippen molar-refractivity contribution in [3.05, 3.63) is 59.1 Å². The number of halogens is 1. The maximum atomic E-state index is 13.3. The number of carbonyl (C=O) groups is 2. The van der Waals surface area contributed by atoms with Gasteiger partial charge in [-0.2, -0.15) is 0 Å². The van der Waals surface area contributed by atoms with E-state index in [1.807, 2.05) is 31.2 Å². The second-order valence-corrected chi connectivity index (χ2v) is 8.41. The molecule has 7 heteroatoms. The van der Waals surface area contributed by atoms with Gasteiger partial charge in [0.2, 0.25) is 5.91 Å². The predicted octanol–water partition coefficient (Wildman–Crippen LogP) is 4.59. The van der Waals surface area contributed by atoms with Gasteiger partial charge in [0.25, 0.3) is 5.91 Å². The maximum absolute atomic E-state index is 13.3. The molecular formula is C25H31ClN2O4. The number of hydrogen-bond acceptors (Lipinski definition) is 4. The highest BCUT2D eigenvalue weighted by Crippen LogP contribution is 2.24. The fraction of sp³-hybridized carbons (Fsp3) is 0.440. The molecule has 3 rings (SSSR count). The van der Waals surface area contributed by atoms with Crippen LogP contribution in [0.3, 0.4) is 0 Å². The molecule has 0 heterocycles. The molecule has 1 N–H and O–H groups in total. The molecule has 0 aliphatic heterocycles. The molecule has 0 saturated heterocycles. The summed E-state index contributed by atoms with van der Waals surface area (Å²) in [5.41, 5.74) is 0.906. The van der Waals surface area contributed by atoms with Crippen LogP contribution >= 0.6 is 11.6 Å². The van der Waals surface area contributed by atoms with E-state index >= 15 is 0 Å². The molecule has 1 aliphatic carbocycles. The Morgan fingerprint density at radius 3 is 2.44 bits per heavy atom. The fourth-order valence-electron chi connectivity index (χ4n) is 4.00. The summed E-state index contributed by atoms with van der Waals surface area (Å²) in [6.45, 7) is 2.01. The van der Waals surface area contributed by atoms with Crippen LogP contribution in [0.5, 0.6) is 11.5 Å². The summed E-state index contributed by atoms with van der Waals surface area (Å²) < 4.78 is 10.9. The van der Waals surface area contributed by atoms with Crippen LogP contribution < -0.4 is 14.8 Å². The molecule has 1 saturated carbocycles. The van der Waals surface area contributed by atoms with E-state index in [2.05, 4.69) is 5.32 Å². The van der Waals surface area contributed by atoms with Crippen LogP contribution in [0, 0.1) is 0 Å². The van der Waals surface area contributed by atoms with Crippen molar-refractivity contribution in [3.8, 4) is 11.5 Å². The van der Waals surface area contributed by atoms with E-state index in [9.17, 15) is 9.59 Å². The van der Waals surface area contributed by atoms with Crippen molar-refractivity contribution < 1.29 is 19.1 Å². The highest BCUT2D eigenvalue weighted by Gasteiger charge is 2.31. The first kappa shape index (κ1) is 23.9. The first-order chi connectivity index (χ1) is 15.5. The second kappa shape index (κ2) is 11.8. The molecule has 1 fully saturated rings. The Labute approximate surface area is 194 Å². The number of ether oxygens (including phenoxy) is 2. The SMILES string of the molecule is CC[C@@H](C(=O)NC1CCCC1)N(Cc1ccc(OC)cc1)C(=O)COc1ccccc1Cl. The highest BCUT2D eigenvalue weighted by molar-refractivity contribution is 6.32. The van der Waals surface area contributed by atoms with E-state index in [0.717, 1.165) is 37.0 Å². The number of methoxy groups -OCH3 is 1. The monoisotopic (exact) mass is 458 g/mol. The lowest BCUT2D eigenvalue weighted by Gasteiger charge is -2.31. The van der Waals surface area contributed by atoms with Crippen molar-refractivity contribution in [2.75, 3.05) is 13.7 Å². The quantitative estimate of drug-likeness (QED) is 0.565. The standard InChI is InChI=1S/C25H31ClN2O4/c1-3-22(25(30)27-19-8-4-5-9-19)28(16-18-12-14-20(31-2)15-13-18)24(29)17-32-23-11-7-6-10-21(23)26/h6-7,10-15,19,22H,3-5,8-9,16-17H2,1-2H3,(H,27,30)/t22-/m0/s1. The second-order valence-electron chi connectivity index (χ2n) is 8.00. The van der Waals surface area contributed by atoms with E-state index in [1.54, 1.807) is 36.3 Å². The van der Waals surface area contributed by atoms with E-state index in [1.165, 1.54) is 0 Å². The van der Waals surface area contributed by atoms with Crippen molar-refractivity contribution in [1.82, 2.24) is 10.2 Å². The van der Waals surface area contributed by atoms with Crippen LogP contribution in [0.15, 0.2) is 48.5 Å². The van der Waals surface area contributed by atoms with Crippen molar-refractivity contribution >= 4 is 23.4 Å². The number of rotatable bonds is 10. The summed E-state index contributed by atoms with van der Waals surface area (Å²) in [4.78, 5) is 28.0. The Morgan fingerprint density at radius 1 is 1.12 bits per heavy atom. The number of carbonyl (C=O) groups excluding carboxylic acids is 2. The maximum Gasteiger partial charge on any atom is 0.261 e. The molecule has 0 bridgehead atoms. The topological polar surface area (TPSA) is 67.9 Å². The first-order valence-electron chi connectivity index (χ1n) is 11.1. The number of amides is 2. The van der Waals surface area contributed by atoms with Gasteiger partial charge in [-0.05, 0) is 49.1 Å². The van der Waals surface area contributed by atoms with Crippen LogP contribution in [0.2, 0.25) is 5.02 Å². The predicted molar refractivity (Wildman–Crippen MR) is 125 cm³/mol. The number of nitrogens with one attached hydrogen (secondary N) is 1. The lowest BCUT2D eigenvalue weighted by molar-refractivity contribution is -0.143. The van der Waals surface area contributed by atoms with Gasteiger partial charge in [0.05, 0.1) is 12.1 Å². The Hall–Kier alpha value is -2.73. The van der Waals surface area contributed by atoms with Gasteiger partial charge in [0.1, 0.15) is 17.5 Å². The van der Waals surface area contributed by atoms with Crippen LogP contribution in [-0.2, 0) is 16.1 Å². The van der Waals surface area contributed by atoms with Gasteiger partial charge in [0.15, 0.2) is 6.61 Å². The van der Waals surface area contributed by atoms with Gasteiger partial charge < -0.3 is 19.7 Å². The molecule has 32 heavy (non-hydrogen) atoms. The van der Waals surface area contributed by atoms with Crippen LogP contribution in [0.25, 0.3) is 0 Å². The molecule has 1 atom stereocenters. The summed E-state index contributed by atoms with van der Waals surface area (Å²) in [6.07, 6.45) is 4.74. The Kier molecular flexibility index (Phi) is 8.80. The normalized spacial score (nSPS) is 14.6. The minimum absolute atomic E-state index is 0.112. The van der Waals surface area contributed by atoms with Crippen molar-refractivity contribution in [1.29, 1.82) is 0 Å². The summed E-state index contributed by atoms with van der Waals surface area (Å²) >= 11 is 6.16. The summed E-state index contributed by atoms with van der Waals surface area (Å²) in [5, 5.41) is 3.58. The summed E-state index contributed by atoms with van der Waals surface area (Å²) in [6, 6.07) is 14.1. The van der Waals surface area contributed by atoms with Gasteiger partial charge in [-0.1, -0.05) is 55.6 Å². The highest BCUT2D eigenvalue weighted by atomic mass is 35.5. The number of hydrogen-bond donors (Lipinski definition) is 1. The third-order valence-electron chi connectivity index (χ3n) is 5.79. The smallest absolute Gasteiger partial charge is 0.261 e. The van der Waals surface area contributed by atoms with E-state index in [-0.39, 0.29) is 24.5 Å². The van der Waals surface area contributed by atoms with Gasteiger partial charge >= 0.3 is 0 Å². The molecule has 2 amide bonds. The molecule has 0 unspecified atom stereocenters. The molecule has 0 radical (unpaired) electrons. The molecule has 1 aliphatic rings. The zero-order valence-corrected chi connectivity index (χ0v) is 19.4. The molecule has 6 nitrogen and oxygen atoms in total. The Bertz CT molecular complexity index is 897. The van der Waals surface area contributed by atoms with Crippen LogP contribution in [0.4, 0.5) is 0 Å². The zero-order chi connectivity index (χ0) is 22.9. The number of benzene rings is 2. The molecule has 2 aromatic rings. The molecule has 0 aromatic heterocycles. The lowest BCUT2D eigenvalue weighted by atomic mass is 10.1. The third kappa shape index (κ3) is 6.39. The van der Waals surface area contributed by atoms with Crippen molar-refractivity contribution in [3.63, 3.8) is 0 Å². The van der Waals surface area contributed by atoms with E-state index in [0.29, 0.717) is 23.7 Å². The van der Waals surface area contributed by atoms with Gasteiger partial charge in [-0.3, -0.25) is 9.59 Å². The van der Waals surface area contributed by atoms with Crippen LogP contribution in [0.1, 0.15) is 44.6 Å². The molecule has 0 spiro atoms. The van der Waals surface area contributed by atoms with Gasteiger partial charge in [0, 0.05) is 12.6 Å². The summed E-state index contributed by atoms with van der Waals surface area (Å²) in [5.74, 6) is 0.795. The van der Waals surface area contributed by atoms with E-state index in [4.69, 9.17) is 21.1 Å². The first-order valence-corrected chi connectivity index (χ1v) is 11.5. The third-order valence-corrected chi connectivity index (χ3v) is 6.10. The zero-order valence-electron chi connectivity index (χ0n) is 18.7. The average molecular weight is 459 g/mol. The molecule has 2 aromatic carbocycles.